The largest absolute Gasteiger partial charge is 0.462 e. The van der Waals surface area contributed by atoms with Crippen molar-refractivity contribution < 1.29 is 24.2 Å². The summed E-state index contributed by atoms with van der Waals surface area (Å²) in [6.07, 6.45) is 55.3. The first-order valence-electron chi connectivity index (χ1n) is 21.0. The van der Waals surface area contributed by atoms with Gasteiger partial charge in [0.15, 0.2) is 6.10 Å². The molecule has 0 saturated heterocycles. The van der Waals surface area contributed by atoms with Crippen LogP contribution in [0.15, 0.2) is 72.9 Å². The second-order valence-corrected chi connectivity index (χ2v) is 13.7. The fourth-order valence-corrected chi connectivity index (χ4v) is 5.62. The van der Waals surface area contributed by atoms with Gasteiger partial charge in [0.05, 0.1) is 6.61 Å². The molecule has 292 valence electrons. The molecule has 5 heteroatoms. The topological polar surface area (TPSA) is 72.8 Å². The molecule has 5 nitrogen and oxygen atoms in total. The number of carbonyl (C=O) groups excluding carboxylic acids is 2. The molecule has 0 fully saturated rings. The SMILES string of the molecule is CC/C=C\C/C=C\C/C=C\C/C=C\C/C=C\C/C=C\CCCCCCC(=O)OC(CO)COC(=O)CCCCCCCCCCCCCCCC. The van der Waals surface area contributed by atoms with Crippen LogP contribution >= 0.6 is 0 Å². The Morgan fingerprint density at radius 2 is 0.843 bits per heavy atom. The van der Waals surface area contributed by atoms with Crippen molar-refractivity contribution in [1.29, 1.82) is 0 Å². The zero-order valence-electron chi connectivity index (χ0n) is 33.1. The molecular formula is C46H78O5. The monoisotopic (exact) mass is 711 g/mol. The molecule has 0 radical (unpaired) electrons. The molecule has 0 amide bonds. The van der Waals surface area contributed by atoms with Crippen LogP contribution in [0, 0.1) is 0 Å². The lowest BCUT2D eigenvalue weighted by Gasteiger charge is -2.15. The average molecular weight is 711 g/mol. The van der Waals surface area contributed by atoms with Gasteiger partial charge < -0.3 is 14.6 Å². The van der Waals surface area contributed by atoms with Crippen molar-refractivity contribution >= 4 is 11.9 Å². The minimum Gasteiger partial charge on any atom is -0.462 e. The van der Waals surface area contributed by atoms with Crippen molar-refractivity contribution in [1.82, 2.24) is 0 Å². The summed E-state index contributed by atoms with van der Waals surface area (Å²) < 4.78 is 10.6. The van der Waals surface area contributed by atoms with E-state index in [1.807, 2.05) is 0 Å². The predicted molar refractivity (Wildman–Crippen MR) is 219 cm³/mol. The van der Waals surface area contributed by atoms with E-state index in [1.54, 1.807) is 0 Å². The molecule has 0 aromatic carbocycles. The Hall–Kier alpha value is -2.66. The first kappa shape index (κ1) is 48.3. The van der Waals surface area contributed by atoms with Gasteiger partial charge in [-0.15, -0.1) is 0 Å². The molecule has 0 spiro atoms. The summed E-state index contributed by atoms with van der Waals surface area (Å²) >= 11 is 0. The van der Waals surface area contributed by atoms with E-state index in [0.717, 1.165) is 89.9 Å². The van der Waals surface area contributed by atoms with Crippen molar-refractivity contribution in [3.8, 4) is 0 Å². The molecule has 1 unspecified atom stereocenters. The molecule has 0 rings (SSSR count). The van der Waals surface area contributed by atoms with Crippen molar-refractivity contribution in [3.05, 3.63) is 72.9 Å². The van der Waals surface area contributed by atoms with E-state index in [1.165, 1.54) is 70.6 Å². The fraction of sp³-hybridized carbons (Fsp3) is 0.696. The summed E-state index contributed by atoms with van der Waals surface area (Å²) in [4.78, 5) is 24.3. The highest BCUT2D eigenvalue weighted by atomic mass is 16.6. The fourth-order valence-electron chi connectivity index (χ4n) is 5.62. The van der Waals surface area contributed by atoms with Crippen LogP contribution in [0.3, 0.4) is 0 Å². The molecule has 0 saturated carbocycles. The number of ether oxygens (including phenoxy) is 2. The van der Waals surface area contributed by atoms with Crippen LogP contribution in [0.5, 0.6) is 0 Å². The smallest absolute Gasteiger partial charge is 0.306 e. The highest BCUT2D eigenvalue weighted by Gasteiger charge is 2.16. The summed E-state index contributed by atoms with van der Waals surface area (Å²) in [5.41, 5.74) is 0. The Bertz CT molecular complexity index is 941. The summed E-state index contributed by atoms with van der Waals surface area (Å²) in [5.74, 6) is -0.621. The van der Waals surface area contributed by atoms with E-state index in [9.17, 15) is 14.7 Å². The number of rotatable bonds is 37. The Kier molecular flexibility index (Phi) is 39.6. The van der Waals surface area contributed by atoms with Gasteiger partial charge in [-0.2, -0.15) is 0 Å². The quantitative estimate of drug-likeness (QED) is 0.0395. The lowest BCUT2D eigenvalue weighted by atomic mass is 10.0. The van der Waals surface area contributed by atoms with Crippen LogP contribution < -0.4 is 0 Å². The third-order valence-electron chi connectivity index (χ3n) is 8.76. The zero-order chi connectivity index (χ0) is 37.1. The molecule has 0 aliphatic heterocycles. The summed E-state index contributed by atoms with van der Waals surface area (Å²) in [6.45, 7) is 4.00. The second-order valence-electron chi connectivity index (χ2n) is 13.7. The Morgan fingerprint density at radius 1 is 0.471 bits per heavy atom. The molecule has 1 atom stereocenters. The van der Waals surface area contributed by atoms with Crippen LogP contribution in [0.1, 0.15) is 187 Å². The first-order valence-corrected chi connectivity index (χ1v) is 21.0. The standard InChI is InChI=1S/C46H78O5/c1-3-5-7-9-11-13-15-17-19-20-21-22-23-24-25-26-27-29-31-33-35-37-39-41-46(49)51-44(42-47)43-50-45(48)40-38-36-34-32-30-28-18-16-14-12-10-8-6-4-2/h5,7,11,13,17,19,21-22,24-25,27,29,44,47H,3-4,6,8-10,12,14-16,18,20,23,26,28,30-43H2,1-2H3/b7-5-,13-11-,19-17-,22-21-,25-24-,29-27-. The first-order chi connectivity index (χ1) is 25.1. The molecule has 0 aromatic rings. The predicted octanol–water partition coefficient (Wildman–Crippen LogP) is 13.3. The molecule has 1 N–H and O–H groups in total. The lowest BCUT2D eigenvalue weighted by Crippen LogP contribution is -2.28. The normalized spacial score (nSPS) is 12.9. The molecular weight excluding hydrogens is 633 g/mol. The number of aliphatic hydroxyl groups is 1. The van der Waals surface area contributed by atoms with Gasteiger partial charge in [-0.1, -0.05) is 183 Å². The van der Waals surface area contributed by atoms with Gasteiger partial charge >= 0.3 is 11.9 Å². The second kappa shape index (κ2) is 41.8. The van der Waals surface area contributed by atoms with Gasteiger partial charge in [-0.05, 0) is 64.2 Å². The Balaban J connectivity index is 3.64. The minimum atomic E-state index is -0.786. The van der Waals surface area contributed by atoms with E-state index < -0.39 is 6.10 Å². The third-order valence-corrected chi connectivity index (χ3v) is 8.76. The average Bonchev–Trinajstić information content (AvgIpc) is 3.13. The van der Waals surface area contributed by atoms with Gasteiger partial charge in [0.2, 0.25) is 0 Å². The maximum absolute atomic E-state index is 12.2. The number of unbranched alkanes of at least 4 members (excludes halogenated alkanes) is 17. The highest BCUT2D eigenvalue weighted by Crippen LogP contribution is 2.14. The number of esters is 2. The van der Waals surface area contributed by atoms with Crippen LogP contribution in [0.2, 0.25) is 0 Å². The van der Waals surface area contributed by atoms with Gasteiger partial charge in [-0.3, -0.25) is 9.59 Å². The minimum absolute atomic E-state index is 0.0777. The van der Waals surface area contributed by atoms with E-state index >= 15 is 0 Å². The zero-order valence-corrected chi connectivity index (χ0v) is 33.1. The molecule has 0 heterocycles. The Morgan fingerprint density at radius 3 is 1.27 bits per heavy atom. The van der Waals surface area contributed by atoms with E-state index in [-0.39, 0.29) is 25.2 Å². The van der Waals surface area contributed by atoms with Gasteiger partial charge in [0.1, 0.15) is 6.61 Å². The van der Waals surface area contributed by atoms with Crippen molar-refractivity contribution in [2.45, 2.75) is 193 Å². The number of carbonyl (C=O) groups is 2. The maximum Gasteiger partial charge on any atom is 0.306 e. The van der Waals surface area contributed by atoms with Crippen LogP contribution in [0.4, 0.5) is 0 Å². The molecule has 0 aliphatic rings. The Labute approximate surface area is 314 Å². The molecule has 0 aromatic heterocycles. The lowest BCUT2D eigenvalue weighted by molar-refractivity contribution is -0.161. The number of allylic oxidation sites excluding steroid dienone is 12. The van der Waals surface area contributed by atoms with Crippen molar-refractivity contribution in [2.24, 2.45) is 0 Å². The number of hydrogen-bond acceptors (Lipinski definition) is 5. The molecule has 0 aliphatic carbocycles. The van der Waals surface area contributed by atoms with Crippen LogP contribution in [-0.4, -0.2) is 36.4 Å². The van der Waals surface area contributed by atoms with Gasteiger partial charge in [-0.25, -0.2) is 0 Å². The van der Waals surface area contributed by atoms with Gasteiger partial charge in [0, 0.05) is 12.8 Å². The van der Waals surface area contributed by atoms with Crippen molar-refractivity contribution in [2.75, 3.05) is 13.2 Å². The van der Waals surface area contributed by atoms with E-state index in [0.29, 0.717) is 12.8 Å². The van der Waals surface area contributed by atoms with E-state index in [4.69, 9.17) is 9.47 Å². The van der Waals surface area contributed by atoms with Crippen LogP contribution in [0.25, 0.3) is 0 Å². The summed E-state index contributed by atoms with van der Waals surface area (Å²) in [6, 6.07) is 0. The summed E-state index contributed by atoms with van der Waals surface area (Å²) in [5, 5.41) is 9.57. The summed E-state index contributed by atoms with van der Waals surface area (Å²) in [7, 11) is 0. The third kappa shape index (κ3) is 40.0. The van der Waals surface area contributed by atoms with Crippen molar-refractivity contribution in [3.63, 3.8) is 0 Å². The van der Waals surface area contributed by atoms with Crippen LogP contribution in [-0.2, 0) is 19.1 Å². The number of hydrogen-bond donors (Lipinski definition) is 1. The number of aliphatic hydroxyl groups excluding tert-OH is 1. The maximum atomic E-state index is 12.2. The van der Waals surface area contributed by atoms with E-state index in [2.05, 4.69) is 86.8 Å². The highest BCUT2D eigenvalue weighted by molar-refractivity contribution is 5.70. The van der Waals surface area contributed by atoms with Gasteiger partial charge in [0.25, 0.3) is 0 Å². The molecule has 0 bridgehead atoms. The molecule has 51 heavy (non-hydrogen) atoms.